The maximum absolute atomic E-state index is 12.8. The van der Waals surface area contributed by atoms with Gasteiger partial charge in [0.2, 0.25) is 0 Å². The Morgan fingerprint density at radius 3 is 2.53 bits per heavy atom. The van der Waals surface area contributed by atoms with Gasteiger partial charge in [-0.3, -0.25) is 0 Å². The molecule has 1 unspecified atom stereocenters. The monoisotopic (exact) mass is 227 g/mol. The summed E-state index contributed by atoms with van der Waals surface area (Å²) in [6.45, 7) is 6.60. The average Bonchev–Trinajstić information content (AvgIpc) is 2.15. The van der Waals surface area contributed by atoms with Gasteiger partial charge in [-0.05, 0) is 23.6 Å². The van der Waals surface area contributed by atoms with E-state index in [1.807, 2.05) is 11.8 Å². The van der Waals surface area contributed by atoms with Crippen LogP contribution in [0.25, 0.3) is 0 Å². The minimum atomic E-state index is -0.266. The molecule has 0 spiro atoms. The largest absolute Gasteiger partial charge is 0.398 e. The predicted octanol–water partition coefficient (Wildman–Crippen LogP) is 3.69. The average molecular weight is 227 g/mol. The van der Waals surface area contributed by atoms with Gasteiger partial charge < -0.3 is 5.73 Å². The molecule has 0 saturated heterocycles. The first kappa shape index (κ1) is 12.4. The fraction of sp³-hybridized carbons (Fsp3) is 0.500. The number of nitrogen functional groups attached to an aromatic ring is 1. The van der Waals surface area contributed by atoms with E-state index in [0.717, 1.165) is 11.3 Å². The Labute approximate surface area is 95.2 Å². The van der Waals surface area contributed by atoms with Crippen LogP contribution in [0.5, 0.6) is 0 Å². The van der Waals surface area contributed by atoms with Crippen LogP contribution < -0.4 is 5.73 Å². The highest BCUT2D eigenvalue weighted by molar-refractivity contribution is 7.99. The molecule has 84 valence electrons. The molecule has 3 heteroatoms. The van der Waals surface area contributed by atoms with Gasteiger partial charge in [-0.1, -0.05) is 26.8 Å². The fourth-order valence-corrected chi connectivity index (χ4v) is 2.20. The summed E-state index contributed by atoms with van der Waals surface area (Å²) in [6, 6.07) is 4.62. The number of thioether (sulfide) groups is 1. The van der Waals surface area contributed by atoms with Crippen LogP contribution in [0.15, 0.2) is 18.2 Å². The van der Waals surface area contributed by atoms with Crippen LogP contribution >= 0.6 is 11.8 Å². The third-order valence-electron chi connectivity index (χ3n) is 2.55. The van der Waals surface area contributed by atoms with Crippen LogP contribution in [0.1, 0.15) is 26.3 Å². The van der Waals surface area contributed by atoms with Crippen molar-refractivity contribution in [2.75, 3.05) is 5.73 Å². The van der Waals surface area contributed by atoms with Crippen LogP contribution in [-0.2, 0) is 5.75 Å². The lowest BCUT2D eigenvalue weighted by molar-refractivity contribution is 0.628. The molecule has 0 radical (unpaired) electrons. The van der Waals surface area contributed by atoms with Gasteiger partial charge in [-0.25, -0.2) is 4.39 Å². The summed E-state index contributed by atoms with van der Waals surface area (Å²) in [4.78, 5) is 0. The smallest absolute Gasteiger partial charge is 0.125 e. The Morgan fingerprint density at radius 2 is 2.00 bits per heavy atom. The van der Waals surface area contributed by atoms with Gasteiger partial charge in [-0.2, -0.15) is 11.8 Å². The molecule has 0 aliphatic carbocycles. The molecule has 15 heavy (non-hydrogen) atoms. The van der Waals surface area contributed by atoms with Gasteiger partial charge >= 0.3 is 0 Å². The lowest BCUT2D eigenvalue weighted by Gasteiger charge is -2.15. The van der Waals surface area contributed by atoms with E-state index in [-0.39, 0.29) is 5.82 Å². The van der Waals surface area contributed by atoms with Crippen molar-refractivity contribution < 1.29 is 4.39 Å². The zero-order valence-corrected chi connectivity index (χ0v) is 10.3. The second-order valence-electron chi connectivity index (χ2n) is 4.10. The minimum absolute atomic E-state index is 0.266. The summed E-state index contributed by atoms with van der Waals surface area (Å²) in [6.07, 6.45) is 0. The van der Waals surface area contributed by atoms with Crippen molar-refractivity contribution in [1.29, 1.82) is 0 Å². The van der Waals surface area contributed by atoms with E-state index < -0.39 is 0 Å². The van der Waals surface area contributed by atoms with Gasteiger partial charge in [0.1, 0.15) is 5.82 Å². The molecule has 1 aromatic rings. The van der Waals surface area contributed by atoms with Crippen LogP contribution in [0, 0.1) is 11.7 Å². The van der Waals surface area contributed by atoms with E-state index in [1.165, 1.54) is 12.1 Å². The van der Waals surface area contributed by atoms with Crippen molar-refractivity contribution >= 4 is 17.4 Å². The highest BCUT2D eigenvalue weighted by Crippen LogP contribution is 2.25. The molecule has 0 bridgehead atoms. The minimum Gasteiger partial charge on any atom is -0.398 e. The highest BCUT2D eigenvalue weighted by atomic mass is 32.2. The number of nitrogens with two attached hydrogens (primary N) is 1. The number of hydrogen-bond acceptors (Lipinski definition) is 2. The van der Waals surface area contributed by atoms with Crippen LogP contribution in [-0.4, -0.2) is 5.25 Å². The summed E-state index contributed by atoms with van der Waals surface area (Å²) in [5, 5.41) is 0.592. The first-order valence-corrected chi connectivity index (χ1v) is 6.21. The fourth-order valence-electron chi connectivity index (χ4n) is 1.11. The number of halogens is 1. The number of rotatable bonds is 4. The predicted molar refractivity (Wildman–Crippen MR) is 66.4 cm³/mol. The molecular formula is C12H18FNS. The van der Waals surface area contributed by atoms with Crippen LogP contribution in [0.3, 0.4) is 0 Å². The SMILES string of the molecule is CC(C)C(C)SCc1ccc(F)cc1N. The van der Waals surface area contributed by atoms with E-state index in [2.05, 4.69) is 20.8 Å². The molecule has 1 rings (SSSR count). The second-order valence-corrected chi connectivity index (χ2v) is 5.47. The van der Waals surface area contributed by atoms with Crippen LogP contribution in [0.2, 0.25) is 0 Å². The topological polar surface area (TPSA) is 26.0 Å². The van der Waals surface area contributed by atoms with E-state index in [0.29, 0.717) is 16.9 Å². The van der Waals surface area contributed by atoms with Gasteiger partial charge in [0.05, 0.1) is 0 Å². The van der Waals surface area contributed by atoms with E-state index in [4.69, 9.17) is 5.73 Å². The van der Waals surface area contributed by atoms with Crippen molar-refractivity contribution in [2.24, 2.45) is 5.92 Å². The van der Waals surface area contributed by atoms with Crippen LogP contribution in [0.4, 0.5) is 10.1 Å². The molecule has 0 saturated carbocycles. The number of benzene rings is 1. The Hall–Kier alpha value is -0.700. The van der Waals surface area contributed by atoms with Crippen molar-refractivity contribution in [3.05, 3.63) is 29.6 Å². The molecule has 0 heterocycles. The zero-order valence-electron chi connectivity index (χ0n) is 9.46. The Kier molecular flexibility index (Phi) is 4.45. The van der Waals surface area contributed by atoms with Gasteiger partial charge in [0, 0.05) is 16.7 Å². The number of anilines is 1. The molecule has 0 aromatic heterocycles. The van der Waals surface area contributed by atoms with E-state index in [9.17, 15) is 4.39 Å². The molecule has 0 amide bonds. The van der Waals surface area contributed by atoms with Crippen molar-refractivity contribution in [3.63, 3.8) is 0 Å². The van der Waals surface area contributed by atoms with Gasteiger partial charge in [0.25, 0.3) is 0 Å². The molecule has 1 nitrogen and oxygen atoms in total. The lowest BCUT2D eigenvalue weighted by Crippen LogP contribution is -2.06. The molecule has 0 aliphatic heterocycles. The van der Waals surface area contributed by atoms with E-state index >= 15 is 0 Å². The Morgan fingerprint density at radius 1 is 1.33 bits per heavy atom. The first-order chi connectivity index (χ1) is 7.00. The summed E-state index contributed by atoms with van der Waals surface area (Å²) < 4.78 is 12.8. The van der Waals surface area contributed by atoms with Gasteiger partial charge in [-0.15, -0.1) is 0 Å². The Bertz CT molecular complexity index is 325. The van der Waals surface area contributed by atoms with Crippen molar-refractivity contribution in [3.8, 4) is 0 Å². The molecule has 0 aliphatic rings. The standard InChI is InChI=1S/C12H18FNS/c1-8(2)9(3)15-7-10-4-5-11(13)6-12(10)14/h4-6,8-9H,7,14H2,1-3H3. The summed E-state index contributed by atoms with van der Waals surface area (Å²) >= 11 is 1.86. The molecule has 2 N–H and O–H groups in total. The number of hydrogen-bond donors (Lipinski definition) is 1. The van der Waals surface area contributed by atoms with E-state index in [1.54, 1.807) is 6.07 Å². The Balaban J connectivity index is 2.58. The molecular weight excluding hydrogens is 209 g/mol. The third-order valence-corrected chi connectivity index (χ3v) is 4.10. The third kappa shape index (κ3) is 3.74. The van der Waals surface area contributed by atoms with Gasteiger partial charge in [0.15, 0.2) is 0 Å². The summed E-state index contributed by atoms with van der Waals surface area (Å²) in [7, 11) is 0. The maximum Gasteiger partial charge on any atom is 0.125 e. The maximum atomic E-state index is 12.8. The first-order valence-electron chi connectivity index (χ1n) is 5.16. The van der Waals surface area contributed by atoms with Crippen molar-refractivity contribution in [1.82, 2.24) is 0 Å². The normalized spacial score (nSPS) is 13.1. The van der Waals surface area contributed by atoms with Crippen molar-refractivity contribution in [2.45, 2.75) is 31.8 Å². The second kappa shape index (κ2) is 5.40. The zero-order chi connectivity index (χ0) is 11.4. The molecule has 0 fully saturated rings. The molecule has 1 aromatic carbocycles. The molecule has 1 atom stereocenters. The summed E-state index contributed by atoms with van der Waals surface area (Å²) in [5.41, 5.74) is 7.31. The lowest BCUT2D eigenvalue weighted by atomic mass is 10.2. The quantitative estimate of drug-likeness (QED) is 0.794. The highest BCUT2D eigenvalue weighted by Gasteiger charge is 2.09. The summed E-state index contributed by atoms with van der Waals surface area (Å²) in [5.74, 6) is 1.24.